The molecule has 0 aromatic heterocycles. The predicted molar refractivity (Wildman–Crippen MR) is 62.0 cm³/mol. The van der Waals surface area contributed by atoms with E-state index < -0.39 is 0 Å². The molecule has 0 aliphatic heterocycles. The first-order valence-electron chi connectivity index (χ1n) is 5.73. The molecule has 1 aromatic rings. The van der Waals surface area contributed by atoms with Crippen molar-refractivity contribution >= 4 is 5.78 Å². The van der Waals surface area contributed by atoms with Gasteiger partial charge in [-0.15, -0.1) is 0 Å². The van der Waals surface area contributed by atoms with E-state index in [2.05, 4.69) is 25.1 Å². The van der Waals surface area contributed by atoms with Crippen LogP contribution in [0.1, 0.15) is 36.5 Å². The lowest BCUT2D eigenvalue weighted by Crippen LogP contribution is -2.16. The molecular formula is C14H18O. The van der Waals surface area contributed by atoms with Crippen molar-refractivity contribution in [2.45, 2.75) is 39.5 Å². The fourth-order valence-corrected chi connectivity index (χ4v) is 2.54. The lowest BCUT2D eigenvalue weighted by atomic mass is 9.81. The van der Waals surface area contributed by atoms with E-state index >= 15 is 0 Å². The normalized spacial score (nSPS) is 19.7. The zero-order valence-corrected chi connectivity index (χ0v) is 9.55. The number of fused-ring (bicyclic) bond motifs is 1. The maximum Gasteiger partial charge on any atom is 0.130 e. The molecular weight excluding hydrogens is 184 g/mol. The van der Waals surface area contributed by atoms with E-state index in [-0.39, 0.29) is 0 Å². The first kappa shape index (κ1) is 10.4. The van der Waals surface area contributed by atoms with Crippen LogP contribution in [0.4, 0.5) is 0 Å². The molecule has 0 fully saturated rings. The molecule has 1 atom stereocenters. The summed E-state index contributed by atoms with van der Waals surface area (Å²) in [6.45, 7) is 3.83. The van der Waals surface area contributed by atoms with Crippen LogP contribution in [0.5, 0.6) is 0 Å². The van der Waals surface area contributed by atoms with Gasteiger partial charge < -0.3 is 4.79 Å². The van der Waals surface area contributed by atoms with E-state index in [1.54, 1.807) is 6.92 Å². The molecule has 2 rings (SSSR count). The largest absolute Gasteiger partial charge is 0.300 e. The van der Waals surface area contributed by atoms with Crippen molar-refractivity contribution in [3.63, 3.8) is 0 Å². The van der Waals surface area contributed by atoms with Gasteiger partial charge in [0.2, 0.25) is 0 Å². The highest BCUT2D eigenvalue weighted by atomic mass is 16.1. The molecule has 0 heterocycles. The first-order valence-corrected chi connectivity index (χ1v) is 5.73. The average Bonchev–Trinajstić information content (AvgIpc) is 2.16. The smallest absolute Gasteiger partial charge is 0.130 e. The quantitative estimate of drug-likeness (QED) is 0.720. The summed E-state index contributed by atoms with van der Waals surface area (Å²) in [5, 5.41) is 0. The third kappa shape index (κ3) is 2.47. The minimum atomic E-state index is 0.330. The zero-order chi connectivity index (χ0) is 10.8. The Labute approximate surface area is 91.5 Å². The van der Waals surface area contributed by atoms with Crippen LogP contribution >= 0.6 is 0 Å². The van der Waals surface area contributed by atoms with Gasteiger partial charge in [0.05, 0.1) is 0 Å². The Bertz CT molecular complexity index is 379. The molecule has 1 heteroatoms. The topological polar surface area (TPSA) is 17.1 Å². The van der Waals surface area contributed by atoms with Crippen LogP contribution in [0.2, 0.25) is 0 Å². The third-order valence-electron chi connectivity index (χ3n) is 3.27. The fraction of sp³-hybridized carbons (Fsp3) is 0.500. The number of carbonyl (C=O) groups excluding carboxylic acids is 1. The molecule has 1 aromatic carbocycles. The van der Waals surface area contributed by atoms with Crippen molar-refractivity contribution in [2.75, 3.05) is 0 Å². The lowest BCUT2D eigenvalue weighted by molar-refractivity contribution is -0.117. The standard InChI is InChI=1S/C14H18O/c1-10-3-5-13-6-4-12(8-11(2)15)9-14(13)7-10/h3,5,7,12H,4,6,8-9H2,1-2H3. The maximum absolute atomic E-state index is 11.1. The van der Waals surface area contributed by atoms with Gasteiger partial charge in [0.15, 0.2) is 0 Å². The van der Waals surface area contributed by atoms with Gasteiger partial charge in [0.1, 0.15) is 5.78 Å². The number of benzene rings is 1. The van der Waals surface area contributed by atoms with Gasteiger partial charge in [0.25, 0.3) is 0 Å². The summed E-state index contributed by atoms with van der Waals surface area (Å²) in [5.41, 5.74) is 4.28. The maximum atomic E-state index is 11.1. The summed E-state index contributed by atoms with van der Waals surface area (Å²) in [4.78, 5) is 11.1. The van der Waals surface area contributed by atoms with Crippen molar-refractivity contribution in [3.8, 4) is 0 Å². The number of hydrogen-bond donors (Lipinski definition) is 0. The highest BCUT2D eigenvalue weighted by molar-refractivity contribution is 5.75. The Morgan fingerprint density at radius 1 is 1.40 bits per heavy atom. The molecule has 0 saturated heterocycles. The van der Waals surface area contributed by atoms with Gasteiger partial charge in [-0.05, 0) is 50.2 Å². The third-order valence-corrected chi connectivity index (χ3v) is 3.27. The molecule has 1 nitrogen and oxygen atoms in total. The minimum absolute atomic E-state index is 0.330. The molecule has 1 aliphatic rings. The van der Waals surface area contributed by atoms with Crippen LogP contribution in [0.3, 0.4) is 0 Å². The van der Waals surface area contributed by atoms with Crippen molar-refractivity contribution in [3.05, 3.63) is 34.9 Å². The number of hydrogen-bond acceptors (Lipinski definition) is 1. The Balaban J connectivity index is 2.14. The second kappa shape index (κ2) is 4.18. The van der Waals surface area contributed by atoms with Crippen molar-refractivity contribution in [1.82, 2.24) is 0 Å². The van der Waals surface area contributed by atoms with Crippen LogP contribution in [-0.4, -0.2) is 5.78 Å². The Hall–Kier alpha value is -1.11. The predicted octanol–water partition coefficient (Wildman–Crippen LogP) is 3.08. The van der Waals surface area contributed by atoms with Gasteiger partial charge >= 0.3 is 0 Å². The summed E-state index contributed by atoms with van der Waals surface area (Å²) < 4.78 is 0. The number of carbonyl (C=O) groups is 1. The number of Topliss-reactive ketones (excluding diaryl/α,β-unsaturated/α-hetero) is 1. The van der Waals surface area contributed by atoms with E-state index in [9.17, 15) is 4.79 Å². The molecule has 0 radical (unpaired) electrons. The molecule has 0 bridgehead atoms. The van der Waals surface area contributed by atoms with Gasteiger partial charge in [0, 0.05) is 6.42 Å². The Morgan fingerprint density at radius 3 is 2.93 bits per heavy atom. The van der Waals surface area contributed by atoms with Crippen LogP contribution in [0.25, 0.3) is 0 Å². The first-order chi connectivity index (χ1) is 7.15. The Morgan fingerprint density at radius 2 is 2.20 bits per heavy atom. The van der Waals surface area contributed by atoms with Crippen LogP contribution in [0.15, 0.2) is 18.2 Å². The van der Waals surface area contributed by atoms with Gasteiger partial charge in [-0.2, -0.15) is 0 Å². The number of ketones is 1. The second-order valence-corrected chi connectivity index (χ2v) is 4.79. The van der Waals surface area contributed by atoms with Crippen LogP contribution < -0.4 is 0 Å². The summed E-state index contributed by atoms with van der Waals surface area (Å²) >= 11 is 0. The molecule has 80 valence electrons. The van der Waals surface area contributed by atoms with E-state index in [4.69, 9.17) is 0 Å². The van der Waals surface area contributed by atoms with Crippen molar-refractivity contribution in [1.29, 1.82) is 0 Å². The summed E-state index contributed by atoms with van der Waals surface area (Å²) in [7, 11) is 0. The number of rotatable bonds is 2. The highest BCUT2D eigenvalue weighted by Gasteiger charge is 2.19. The zero-order valence-electron chi connectivity index (χ0n) is 9.55. The molecule has 0 saturated carbocycles. The minimum Gasteiger partial charge on any atom is -0.300 e. The monoisotopic (exact) mass is 202 g/mol. The summed E-state index contributed by atoms with van der Waals surface area (Å²) in [6.07, 6.45) is 4.17. The fourth-order valence-electron chi connectivity index (χ4n) is 2.54. The molecule has 15 heavy (non-hydrogen) atoms. The van der Waals surface area contributed by atoms with Gasteiger partial charge in [-0.25, -0.2) is 0 Å². The van der Waals surface area contributed by atoms with E-state index in [1.165, 1.54) is 23.1 Å². The second-order valence-electron chi connectivity index (χ2n) is 4.79. The molecule has 1 aliphatic carbocycles. The van der Waals surface area contributed by atoms with E-state index in [0.717, 1.165) is 19.3 Å². The summed E-state index contributed by atoms with van der Waals surface area (Å²) in [6, 6.07) is 6.71. The lowest BCUT2D eigenvalue weighted by Gasteiger charge is -2.24. The SMILES string of the molecule is CC(=O)CC1CCc2ccc(C)cc2C1. The molecule has 0 N–H and O–H groups in total. The van der Waals surface area contributed by atoms with E-state index in [0.29, 0.717) is 11.7 Å². The van der Waals surface area contributed by atoms with Crippen molar-refractivity contribution in [2.24, 2.45) is 5.92 Å². The number of aryl methyl sites for hydroxylation is 2. The summed E-state index contributed by atoms with van der Waals surface area (Å²) in [5.74, 6) is 0.910. The molecule has 0 amide bonds. The average molecular weight is 202 g/mol. The highest BCUT2D eigenvalue weighted by Crippen LogP contribution is 2.28. The van der Waals surface area contributed by atoms with Gasteiger partial charge in [-0.1, -0.05) is 23.8 Å². The van der Waals surface area contributed by atoms with Crippen molar-refractivity contribution < 1.29 is 4.79 Å². The van der Waals surface area contributed by atoms with E-state index in [1.807, 2.05) is 0 Å². The molecule has 0 spiro atoms. The van der Waals surface area contributed by atoms with Crippen LogP contribution in [-0.2, 0) is 17.6 Å². The van der Waals surface area contributed by atoms with Gasteiger partial charge in [-0.3, -0.25) is 0 Å². The molecule has 1 unspecified atom stereocenters. The Kier molecular flexibility index (Phi) is 2.90. The van der Waals surface area contributed by atoms with Crippen LogP contribution in [0, 0.1) is 12.8 Å².